The highest BCUT2D eigenvalue weighted by molar-refractivity contribution is 7.16. The second-order valence-electron chi connectivity index (χ2n) is 5.83. The molecule has 0 aliphatic carbocycles. The van der Waals surface area contributed by atoms with E-state index in [1.165, 1.54) is 16.8 Å². The third-order valence-electron chi connectivity index (χ3n) is 4.31. The van der Waals surface area contributed by atoms with Gasteiger partial charge in [-0.15, -0.1) is 11.3 Å². The molecule has 3 heteroatoms. The van der Waals surface area contributed by atoms with Crippen LogP contribution in [0.1, 0.15) is 17.5 Å². The minimum atomic E-state index is 0.141. The van der Waals surface area contributed by atoms with E-state index < -0.39 is 0 Å². The number of nitrogens with zero attached hydrogens (tertiary/aromatic N) is 1. The maximum absolute atomic E-state index is 12.9. The molecule has 1 aromatic heterocycles. The minimum absolute atomic E-state index is 0.141. The zero-order valence-electron chi connectivity index (χ0n) is 12.5. The Bertz CT molecular complexity index is 913. The number of rotatable bonds is 1. The van der Waals surface area contributed by atoms with E-state index in [1.807, 2.05) is 29.6 Å². The van der Waals surface area contributed by atoms with Crippen LogP contribution in [0.15, 0.2) is 52.6 Å². The first-order chi connectivity index (χ1) is 10.7. The zero-order valence-corrected chi connectivity index (χ0v) is 13.3. The topological polar surface area (TPSA) is 20.3 Å². The molecular weight excluding hydrogens is 290 g/mol. The molecule has 0 saturated heterocycles. The molecule has 2 nitrogen and oxygen atoms in total. The van der Waals surface area contributed by atoms with E-state index >= 15 is 0 Å². The lowest BCUT2D eigenvalue weighted by Crippen LogP contribution is -2.28. The number of aryl methyl sites for hydroxylation is 2. The van der Waals surface area contributed by atoms with Crippen LogP contribution in [0.5, 0.6) is 0 Å². The Labute approximate surface area is 133 Å². The van der Waals surface area contributed by atoms with Crippen LogP contribution in [0.2, 0.25) is 0 Å². The van der Waals surface area contributed by atoms with Crippen LogP contribution < -0.4 is 10.3 Å². The smallest absolute Gasteiger partial charge is 0.211 e. The fourth-order valence-corrected chi connectivity index (χ4v) is 4.15. The van der Waals surface area contributed by atoms with Crippen LogP contribution in [-0.4, -0.2) is 6.54 Å². The van der Waals surface area contributed by atoms with Gasteiger partial charge in [0.1, 0.15) is 0 Å². The van der Waals surface area contributed by atoms with E-state index in [4.69, 9.17) is 0 Å². The monoisotopic (exact) mass is 307 g/mol. The normalized spacial score (nSPS) is 14.1. The number of benzene rings is 2. The van der Waals surface area contributed by atoms with E-state index in [2.05, 4.69) is 30.0 Å². The van der Waals surface area contributed by atoms with Crippen molar-refractivity contribution in [2.24, 2.45) is 0 Å². The second kappa shape index (κ2) is 5.25. The SMILES string of the molecule is Cc1ccc2c(c1)CCCN2c1csc2ccccc2c1=O. The quantitative estimate of drug-likeness (QED) is 0.652. The summed E-state index contributed by atoms with van der Waals surface area (Å²) >= 11 is 1.65. The molecule has 2 heterocycles. The predicted molar refractivity (Wildman–Crippen MR) is 94.6 cm³/mol. The van der Waals surface area contributed by atoms with Crippen LogP contribution in [-0.2, 0) is 6.42 Å². The molecule has 110 valence electrons. The van der Waals surface area contributed by atoms with Crippen molar-refractivity contribution in [3.05, 3.63) is 69.2 Å². The Hall–Kier alpha value is -2.13. The van der Waals surface area contributed by atoms with E-state index in [0.29, 0.717) is 0 Å². The zero-order chi connectivity index (χ0) is 15.1. The van der Waals surface area contributed by atoms with Gasteiger partial charge >= 0.3 is 0 Å². The van der Waals surface area contributed by atoms with Crippen molar-refractivity contribution in [3.63, 3.8) is 0 Å². The highest BCUT2D eigenvalue weighted by Crippen LogP contribution is 2.34. The summed E-state index contributed by atoms with van der Waals surface area (Å²) in [4.78, 5) is 15.1. The molecule has 0 atom stereocenters. The van der Waals surface area contributed by atoms with Gasteiger partial charge in [-0.05, 0) is 43.5 Å². The van der Waals surface area contributed by atoms with Crippen LogP contribution in [0, 0.1) is 6.92 Å². The van der Waals surface area contributed by atoms with Gasteiger partial charge in [-0.2, -0.15) is 0 Å². The molecule has 4 rings (SSSR count). The van der Waals surface area contributed by atoms with Crippen molar-refractivity contribution in [2.75, 3.05) is 11.4 Å². The number of hydrogen-bond acceptors (Lipinski definition) is 3. The fraction of sp³-hybridized carbons (Fsp3) is 0.211. The highest BCUT2D eigenvalue weighted by Gasteiger charge is 2.21. The fourth-order valence-electron chi connectivity index (χ4n) is 3.23. The van der Waals surface area contributed by atoms with Gasteiger partial charge in [-0.1, -0.05) is 29.8 Å². The highest BCUT2D eigenvalue weighted by atomic mass is 32.1. The molecule has 1 aliphatic heterocycles. The van der Waals surface area contributed by atoms with Gasteiger partial charge in [-0.3, -0.25) is 4.79 Å². The summed E-state index contributed by atoms with van der Waals surface area (Å²) < 4.78 is 1.05. The van der Waals surface area contributed by atoms with Gasteiger partial charge in [0.25, 0.3) is 0 Å². The summed E-state index contributed by atoms with van der Waals surface area (Å²) in [5.41, 5.74) is 4.78. The largest absolute Gasteiger partial charge is 0.337 e. The molecule has 1 aliphatic rings. The predicted octanol–water partition coefficient (Wildman–Crippen LogP) is 4.65. The molecule has 0 amide bonds. The Morgan fingerprint density at radius 1 is 1.09 bits per heavy atom. The van der Waals surface area contributed by atoms with Gasteiger partial charge in [0.15, 0.2) is 0 Å². The van der Waals surface area contributed by atoms with E-state index in [-0.39, 0.29) is 5.43 Å². The van der Waals surface area contributed by atoms with Crippen molar-refractivity contribution < 1.29 is 0 Å². The first-order valence-electron chi connectivity index (χ1n) is 7.62. The Morgan fingerprint density at radius 3 is 2.86 bits per heavy atom. The Kier molecular flexibility index (Phi) is 3.23. The summed E-state index contributed by atoms with van der Waals surface area (Å²) in [5, 5.41) is 2.84. The van der Waals surface area contributed by atoms with E-state index in [1.54, 1.807) is 11.3 Å². The molecule has 0 bridgehead atoms. The van der Waals surface area contributed by atoms with Gasteiger partial charge in [-0.25, -0.2) is 0 Å². The molecule has 0 fully saturated rings. The average molecular weight is 307 g/mol. The summed E-state index contributed by atoms with van der Waals surface area (Å²) in [5.74, 6) is 0. The van der Waals surface area contributed by atoms with Gasteiger partial charge in [0, 0.05) is 27.7 Å². The average Bonchev–Trinajstić information content (AvgIpc) is 2.55. The molecule has 0 saturated carbocycles. The Morgan fingerprint density at radius 2 is 1.95 bits per heavy atom. The third-order valence-corrected chi connectivity index (χ3v) is 5.26. The lowest BCUT2D eigenvalue weighted by molar-refractivity contribution is 0.765. The van der Waals surface area contributed by atoms with Crippen LogP contribution in [0.25, 0.3) is 10.1 Å². The van der Waals surface area contributed by atoms with Gasteiger partial charge in [0.2, 0.25) is 5.43 Å². The molecule has 3 aromatic rings. The number of fused-ring (bicyclic) bond motifs is 2. The lowest BCUT2D eigenvalue weighted by Gasteiger charge is -2.31. The van der Waals surface area contributed by atoms with Crippen LogP contribution >= 0.6 is 11.3 Å². The summed E-state index contributed by atoms with van der Waals surface area (Å²) in [6.45, 7) is 3.03. The molecular formula is C19H17NOS. The minimum Gasteiger partial charge on any atom is -0.337 e. The number of hydrogen-bond donors (Lipinski definition) is 0. The summed E-state index contributed by atoms with van der Waals surface area (Å²) in [6.07, 6.45) is 2.19. The second-order valence-corrected chi connectivity index (χ2v) is 6.74. The van der Waals surface area contributed by atoms with Crippen LogP contribution in [0.3, 0.4) is 0 Å². The first kappa shape index (κ1) is 13.5. The van der Waals surface area contributed by atoms with Crippen LogP contribution in [0.4, 0.5) is 11.4 Å². The van der Waals surface area contributed by atoms with E-state index in [0.717, 1.165) is 35.2 Å². The molecule has 0 spiro atoms. The first-order valence-corrected chi connectivity index (χ1v) is 8.49. The van der Waals surface area contributed by atoms with Crippen molar-refractivity contribution >= 4 is 32.8 Å². The maximum atomic E-state index is 12.9. The lowest BCUT2D eigenvalue weighted by atomic mass is 9.99. The third kappa shape index (κ3) is 2.13. The van der Waals surface area contributed by atoms with Crippen molar-refractivity contribution in [1.82, 2.24) is 0 Å². The molecule has 0 radical (unpaired) electrons. The Balaban J connectivity index is 1.91. The standard InChI is InChI=1S/C19H17NOS/c1-13-8-9-16-14(11-13)5-4-10-20(16)17-12-22-18-7-3-2-6-15(18)19(17)21/h2-3,6-9,11-12H,4-5,10H2,1H3. The van der Waals surface area contributed by atoms with Gasteiger partial charge in [0.05, 0.1) is 5.69 Å². The number of anilines is 2. The van der Waals surface area contributed by atoms with Gasteiger partial charge < -0.3 is 4.90 Å². The summed E-state index contributed by atoms with van der Waals surface area (Å²) in [7, 11) is 0. The summed E-state index contributed by atoms with van der Waals surface area (Å²) in [6, 6.07) is 14.4. The molecule has 0 unspecified atom stereocenters. The molecule has 22 heavy (non-hydrogen) atoms. The maximum Gasteiger partial charge on any atom is 0.211 e. The van der Waals surface area contributed by atoms with Crippen molar-refractivity contribution in [1.29, 1.82) is 0 Å². The van der Waals surface area contributed by atoms with Crippen molar-refractivity contribution in [2.45, 2.75) is 19.8 Å². The van der Waals surface area contributed by atoms with E-state index in [9.17, 15) is 4.79 Å². The molecule has 2 aromatic carbocycles. The molecule has 0 N–H and O–H groups in total. The van der Waals surface area contributed by atoms with Crippen molar-refractivity contribution in [3.8, 4) is 0 Å².